The third-order valence-corrected chi connectivity index (χ3v) is 7.70. The number of likely N-dealkylation sites (tertiary alicyclic amines) is 1. The molecule has 1 aliphatic rings. The molecule has 7 nitrogen and oxygen atoms in total. The van der Waals surface area contributed by atoms with E-state index in [2.05, 4.69) is 44.4 Å². The van der Waals surface area contributed by atoms with Crippen LogP contribution in [0.4, 0.5) is 5.69 Å². The summed E-state index contributed by atoms with van der Waals surface area (Å²) >= 11 is 1.69. The van der Waals surface area contributed by atoms with Crippen LogP contribution in [0.3, 0.4) is 0 Å². The topological polar surface area (TPSA) is 59.9 Å². The third-order valence-electron chi connectivity index (χ3n) is 6.75. The lowest BCUT2D eigenvalue weighted by molar-refractivity contribution is 0.148. The van der Waals surface area contributed by atoms with Gasteiger partial charge in [-0.15, -0.1) is 11.3 Å². The third kappa shape index (κ3) is 4.21. The molecule has 0 spiro atoms. The van der Waals surface area contributed by atoms with Crippen molar-refractivity contribution in [3.63, 3.8) is 0 Å². The van der Waals surface area contributed by atoms with E-state index in [1.807, 2.05) is 43.7 Å². The molecule has 36 heavy (non-hydrogen) atoms. The van der Waals surface area contributed by atoms with Crippen LogP contribution in [0, 0.1) is 19.4 Å². The first-order valence-electron chi connectivity index (χ1n) is 12.1. The van der Waals surface area contributed by atoms with Gasteiger partial charge in [-0.25, -0.2) is 19.8 Å². The van der Waals surface area contributed by atoms with E-state index in [1.54, 1.807) is 11.3 Å². The average Bonchev–Trinajstić information content (AvgIpc) is 3.52. The number of benzene rings is 2. The number of imidazole rings is 1. The molecular formula is C28H26N6OS. The minimum atomic E-state index is 0.477. The SMILES string of the molecule is [C-]#[N+]c1ccc(-c2nc(OC[C@@H]3CCCN(C)C3)c3cncn3c2-c2ccc3sc(C)nc3c2)cc1. The number of fused-ring (bicyclic) bond motifs is 2. The van der Waals surface area contributed by atoms with Crippen molar-refractivity contribution >= 4 is 32.8 Å². The van der Waals surface area contributed by atoms with Crippen LogP contribution in [0.25, 0.3) is 43.1 Å². The predicted octanol–water partition coefficient (Wildman–Crippen LogP) is 6.25. The lowest BCUT2D eigenvalue weighted by atomic mass is 10.00. The molecule has 0 bridgehead atoms. The fraction of sp³-hybridized carbons (Fsp3) is 0.286. The molecule has 1 fully saturated rings. The second kappa shape index (κ2) is 9.34. The fourth-order valence-electron chi connectivity index (χ4n) is 5.03. The largest absolute Gasteiger partial charge is 0.476 e. The van der Waals surface area contributed by atoms with Crippen molar-refractivity contribution in [2.24, 2.45) is 5.92 Å². The van der Waals surface area contributed by atoms with Gasteiger partial charge in [0.1, 0.15) is 5.52 Å². The zero-order valence-corrected chi connectivity index (χ0v) is 21.1. The van der Waals surface area contributed by atoms with Crippen LogP contribution >= 0.6 is 11.3 Å². The summed E-state index contributed by atoms with van der Waals surface area (Å²) in [6.07, 6.45) is 5.99. The number of nitrogens with zero attached hydrogens (tertiary/aromatic N) is 6. The van der Waals surface area contributed by atoms with Gasteiger partial charge in [0, 0.05) is 18.0 Å². The van der Waals surface area contributed by atoms with Crippen LogP contribution < -0.4 is 4.74 Å². The summed E-state index contributed by atoms with van der Waals surface area (Å²) in [6.45, 7) is 12.2. The second-order valence-corrected chi connectivity index (χ2v) is 10.7. The summed E-state index contributed by atoms with van der Waals surface area (Å²) < 4.78 is 9.60. The van der Waals surface area contributed by atoms with Crippen molar-refractivity contribution in [1.82, 2.24) is 24.3 Å². The van der Waals surface area contributed by atoms with Gasteiger partial charge in [-0.3, -0.25) is 4.40 Å². The summed E-state index contributed by atoms with van der Waals surface area (Å²) in [5, 5.41) is 1.04. The summed E-state index contributed by atoms with van der Waals surface area (Å²) in [5.41, 5.74) is 6.05. The number of rotatable bonds is 5. The molecule has 1 aliphatic heterocycles. The van der Waals surface area contributed by atoms with Crippen LogP contribution in [0.15, 0.2) is 55.0 Å². The van der Waals surface area contributed by atoms with E-state index in [0.29, 0.717) is 24.1 Å². The molecule has 0 unspecified atom stereocenters. The monoisotopic (exact) mass is 494 g/mol. The van der Waals surface area contributed by atoms with Gasteiger partial charge >= 0.3 is 0 Å². The highest BCUT2D eigenvalue weighted by Gasteiger charge is 2.22. The number of thiazole rings is 1. The van der Waals surface area contributed by atoms with Gasteiger partial charge in [0.2, 0.25) is 5.88 Å². The molecule has 8 heteroatoms. The second-order valence-electron chi connectivity index (χ2n) is 9.42. The van der Waals surface area contributed by atoms with E-state index in [4.69, 9.17) is 21.3 Å². The molecule has 3 aromatic heterocycles. The Bertz CT molecular complexity index is 1600. The van der Waals surface area contributed by atoms with Gasteiger partial charge in [-0.1, -0.05) is 30.3 Å². The molecule has 5 aromatic rings. The van der Waals surface area contributed by atoms with Crippen LogP contribution in [0.2, 0.25) is 0 Å². The van der Waals surface area contributed by atoms with Crippen molar-refractivity contribution < 1.29 is 4.74 Å². The molecule has 6 rings (SSSR count). The standard InChI is InChI=1S/C28H26N6OS/c1-18-31-23-13-21(8-11-25(23)36-18)27-26(20-6-9-22(29-2)10-7-20)32-28(24-14-30-17-34(24)27)35-16-19-5-4-12-33(3)15-19/h6-11,13-14,17,19H,4-5,12,15-16H2,1,3H3/t19-/m1/s1. The van der Waals surface area contributed by atoms with Gasteiger partial charge in [0.05, 0.1) is 52.3 Å². The quantitative estimate of drug-likeness (QED) is 0.270. The van der Waals surface area contributed by atoms with Crippen LogP contribution in [-0.4, -0.2) is 51.0 Å². The Hall–Kier alpha value is -3.80. The smallest absolute Gasteiger partial charge is 0.240 e. The van der Waals surface area contributed by atoms with Crippen molar-refractivity contribution in [1.29, 1.82) is 0 Å². The van der Waals surface area contributed by atoms with Gasteiger partial charge in [0.25, 0.3) is 0 Å². The maximum Gasteiger partial charge on any atom is 0.240 e. The number of ether oxygens (including phenoxy) is 1. The zero-order chi connectivity index (χ0) is 24.6. The number of hydrogen-bond donors (Lipinski definition) is 0. The lowest BCUT2D eigenvalue weighted by Gasteiger charge is -2.29. The van der Waals surface area contributed by atoms with Gasteiger partial charge < -0.3 is 9.64 Å². The van der Waals surface area contributed by atoms with E-state index in [1.165, 1.54) is 6.42 Å². The Morgan fingerprint density at radius 3 is 2.78 bits per heavy atom. The zero-order valence-electron chi connectivity index (χ0n) is 20.3. The molecule has 0 aliphatic carbocycles. The number of aromatic nitrogens is 4. The highest BCUT2D eigenvalue weighted by atomic mass is 32.1. The maximum absolute atomic E-state index is 7.33. The van der Waals surface area contributed by atoms with Crippen LogP contribution in [0.1, 0.15) is 17.8 Å². The summed E-state index contributed by atoms with van der Waals surface area (Å²) in [6, 6.07) is 13.9. The lowest BCUT2D eigenvalue weighted by Crippen LogP contribution is -2.34. The first-order valence-corrected chi connectivity index (χ1v) is 12.9. The van der Waals surface area contributed by atoms with E-state index >= 15 is 0 Å². The average molecular weight is 495 g/mol. The first-order chi connectivity index (χ1) is 17.6. The van der Waals surface area contributed by atoms with Crippen molar-refractivity contribution in [2.75, 3.05) is 26.7 Å². The fourth-order valence-corrected chi connectivity index (χ4v) is 5.84. The number of hydrogen-bond acceptors (Lipinski definition) is 6. The minimum absolute atomic E-state index is 0.477. The van der Waals surface area contributed by atoms with Crippen LogP contribution in [-0.2, 0) is 0 Å². The highest BCUT2D eigenvalue weighted by Crippen LogP contribution is 2.37. The Labute approximate surface area is 213 Å². The maximum atomic E-state index is 7.33. The number of piperidine rings is 1. The Kier molecular flexibility index (Phi) is 5.88. The highest BCUT2D eigenvalue weighted by molar-refractivity contribution is 7.18. The van der Waals surface area contributed by atoms with Crippen molar-refractivity contribution in [3.8, 4) is 28.4 Å². The van der Waals surface area contributed by atoms with E-state index < -0.39 is 0 Å². The molecule has 2 aromatic carbocycles. The molecule has 1 saturated heterocycles. The predicted molar refractivity (Wildman–Crippen MR) is 144 cm³/mol. The number of aryl methyl sites for hydroxylation is 1. The Morgan fingerprint density at radius 2 is 1.97 bits per heavy atom. The Morgan fingerprint density at radius 1 is 1.14 bits per heavy atom. The molecule has 0 amide bonds. The van der Waals surface area contributed by atoms with E-state index in [-0.39, 0.29) is 0 Å². The summed E-state index contributed by atoms with van der Waals surface area (Å²) in [7, 11) is 2.17. The summed E-state index contributed by atoms with van der Waals surface area (Å²) in [4.78, 5) is 20.2. The summed E-state index contributed by atoms with van der Waals surface area (Å²) in [5.74, 6) is 1.06. The Balaban J connectivity index is 1.49. The normalized spacial score (nSPS) is 16.4. The van der Waals surface area contributed by atoms with E-state index in [0.717, 1.165) is 62.8 Å². The van der Waals surface area contributed by atoms with Crippen molar-refractivity contribution in [3.05, 3.63) is 71.4 Å². The molecule has 180 valence electrons. The molecule has 0 N–H and O–H groups in total. The van der Waals surface area contributed by atoms with Crippen molar-refractivity contribution in [2.45, 2.75) is 19.8 Å². The van der Waals surface area contributed by atoms with Gasteiger partial charge in [0.15, 0.2) is 5.69 Å². The van der Waals surface area contributed by atoms with Crippen LogP contribution in [0.5, 0.6) is 5.88 Å². The minimum Gasteiger partial charge on any atom is -0.476 e. The van der Waals surface area contributed by atoms with Gasteiger partial charge in [-0.05, 0) is 51.1 Å². The molecule has 1 atom stereocenters. The first kappa shape index (κ1) is 22.7. The molecule has 0 saturated carbocycles. The van der Waals surface area contributed by atoms with E-state index in [9.17, 15) is 0 Å². The van der Waals surface area contributed by atoms with Gasteiger partial charge in [-0.2, -0.15) is 0 Å². The molecule has 4 heterocycles. The molecular weight excluding hydrogens is 468 g/mol. The molecule has 0 radical (unpaired) electrons.